The summed E-state index contributed by atoms with van der Waals surface area (Å²) in [6.45, 7) is 6.49. The Morgan fingerprint density at radius 1 is 1.40 bits per heavy atom. The first-order valence-electron chi connectivity index (χ1n) is 8.42. The van der Waals surface area contributed by atoms with Gasteiger partial charge in [-0.2, -0.15) is 4.98 Å². The molecule has 8 nitrogen and oxygen atoms in total. The van der Waals surface area contributed by atoms with Crippen LogP contribution >= 0.6 is 0 Å². The second-order valence-electron chi connectivity index (χ2n) is 6.34. The molecule has 8 heteroatoms. The lowest BCUT2D eigenvalue weighted by atomic mass is 10.0. The number of aliphatic hydroxyl groups excluding tert-OH is 1. The fourth-order valence-electron chi connectivity index (χ4n) is 2.54. The van der Waals surface area contributed by atoms with E-state index in [0.29, 0.717) is 23.8 Å². The Morgan fingerprint density at radius 3 is 2.80 bits per heavy atom. The van der Waals surface area contributed by atoms with Crippen molar-refractivity contribution >= 4 is 5.69 Å². The van der Waals surface area contributed by atoms with Crippen molar-refractivity contribution in [2.24, 2.45) is 5.92 Å². The quantitative estimate of drug-likeness (QED) is 0.528. The average molecular weight is 348 g/mol. The molecule has 0 fully saturated rings. The summed E-state index contributed by atoms with van der Waals surface area (Å²) in [5, 5.41) is 28.0. The Balaban J connectivity index is 2.16. The monoisotopic (exact) mass is 348 g/mol. The Bertz CT molecular complexity index is 701. The summed E-state index contributed by atoms with van der Waals surface area (Å²) < 4.78 is 5.36. The van der Waals surface area contributed by atoms with Crippen LogP contribution in [0.2, 0.25) is 0 Å². The van der Waals surface area contributed by atoms with Crippen molar-refractivity contribution in [2.45, 2.75) is 45.8 Å². The highest BCUT2D eigenvalue weighted by atomic mass is 16.6. The maximum atomic E-state index is 10.9. The molecule has 0 aliphatic carbocycles. The van der Waals surface area contributed by atoms with Gasteiger partial charge < -0.3 is 14.9 Å². The van der Waals surface area contributed by atoms with E-state index < -0.39 is 11.0 Å². The molecule has 0 saturated carbocycles. The molecule has 2 unspecified atom stereocenters. The third kappa shape index (κ3) is 5.07. The van der Waals surface area contributed by atoms with Crippen molar-refractivity contribution in [3.63, 3.8) is 0 Å². The zero-order valence-electron chi connectivity index (χ0n) is 14.7. The molecule has 0 aliphatic rings. The summed E-state index contributed by atoms with van der Waals surface area (Å²) in [6.07, 6.45) is 1.21. The van der Waals surface area contributed by atoms with Crippen molar-refractivity contribution in [3.8, 4) is 11.4 Å². The number of aromatic nitrogens is 2. The van der Waals surface area contributed by atoms with Gasteiger partial charge in [0.05, 0.1) is 17.1 Å². The summed E-state index contributed by atoms with van der Waals surface area (Å²) in [5.41, 5.74) is 0.503. The first kappa shape index (κ1) is 19.0. The van der Waals surface area contributed by atoms with Gasteiger partial charge in [-0.15, -0.1) is 0 Å². The van der Waals surface area contributed by atoms with Gasteiger partial charge in [-0.25, -0.2) is 0 Å². The van der Waals surface area contributed by atoms with E-state index in [-0.39, 0.29) is 17.6 Å². The molecule has 1 aromatic heterocycles. The van der Waals surface area contributed by atoms with Gasteiger partial charge in [-0.3, -0.25) is 10.1 Å². The number of nitrogens with zero attached hydrogens (tertiary/aromatic N) is 3. The number of hydrogen-bond acceptors (Lipinski definition) is 7. The SMILES string of the molecule is CCCC(O)CNC(c1nc(-c2cccc([N+](=O)[O-])c2)no1)C(C)C. The van der Waals surface area contributed by atoms with Crippen LogP contribution < -0.4 is 5.32 Å². The van der Waals surface area contributed by atoms with Gasteiger partial charge in [0.2, 0.25) is 11.7 Å². The second-order valence-corrected chi connectivity index (χ2v) is 6.34. The molecule has 2 rings (SSSR count). The predicted octanol–water partition coefficient (Wildman–Crippen LogP) is 3.09. The largest absolute Gasteiger partial charge is 0.392 e. The number of hydrogen-bond donors (Lipinski definition) is 2. The average Bonchev–Trinajstić information content (AvgIpc) is 3.05. The van der Waals surface area contributed by atoms with Crippen molar-refractivity contribution in [1.29, 1.82) is 0 Å². The molecule has 0 spiro atoms. The van der Waals surface area contributed by atoms with Gasteiger partial charge >= 0.3 is 0 Å². The van der Waals surface area contributed by atoms with E-state index in [4.69, 9.17) is 4.52 Å². The Hall–Kier alpha value is -2.32. The molecule has 0 bridgehead atoms. The van der Waals surface area contributed by atoms with Gasteiger partial charge in [0.15, 0.2) is 0 Å². The Kier molecular flexibility index (Phi) is 6.60. The molecule has 1 heterocycles. The van der Waals surface area contributed by atoms with E-state index in [1.807, 2.05) is 20.8 Å². The summed E-state index contributed by atoms with van der Waals surface area (Å²) in [5.74, 6) is 0.882. The van der Waals surface area contributed by atoms with Gasteiger partial charge in [0.25, 0.3) is 5.69 Å². The van der Waals surface area contributed by atoms with E-state index >= 15 is 0 Å². The summed E-state index contributed by atoms with van der Waals surface area (Å²) in [4.78, 5) is 14.8. The number of nitrogens with one attached hydrogen (secondary N) is 1. The molecule has 136 valence electrons. The van der Waals surface area contributed by atoms with E-state index in [1.165, 1.54) is 12.1 Å². The minimum absolute atomic E-state index is 0.0231. The zero-order chi connectivity index (χ0) is 18.4. The zero-order valence-corrected chi connectivity index (χ0v) is 14.7. The molecule has 25 heavy (non-hydrogen) atoms. The molecule has 0 aliphatic heterocycles. The molecule has 2 N–H and O–H groups in total. The van der Waals surface area contributed by atoms with E-state index in [1.54, 1.807) is 12.1 Å². The first-order valence-corrected chi connectivity index (χ1v) is 8.42. The number of aliphatic hydroxyl groups is 1. The highest BCUT2D eigenvalue weighted by Gasteiger charge is 2.23. The minimum atomic E-state index is -0.460. The number of non-ortho nitro benzene ring substituents is 1. The molecular formula is C17H24N4O4. The van der Waals surface area contributed by atoms with Crippen LogP contribution in [0.4, 0.5) is 5.69 Å². The van der Waals surface area contributed by atoms with Crippen LogP contribution in [-0.2, 0) is 0 Å². The minimum Gasteiger partial charge on any atom is -0.392 e. The molecule has 0 radical (unpaired) electrons. The first-order chi connectivity index (χ1) is 11.9. The Morgan fingerprint density at radius 2 is 2.16 bits per heavy atom. The van der Waals surface area contributed by atoms with Crippen molar-refractivity contribution in [1.82, 2.24) is 15.5 Å². The number of nitro benzene ring substituents is 1. The smallest absolute Gasteiger partial charge is 0.270 e. The molecule has 1 aromatic carbocycles. The van der Waals surface area contributed by atoms with Crippen LogP contribution in [0, 0.1) is 16.0 Å². The third-order valence-corrected chi connectivity index (χ3v) is 3.88. The second kappa shape index (κ2) is 8.68. The van der Waals surface area contributed by atoms with Gasteiger partial charge in [-0.1, -0.05) is 44.5 Å². The lowest BCUT2D eigenvalue weighted by molar-refractivity contribution is -0.384. The molecule has 2 atom stereocenters. The maximum absolute atomic E-state index is 10.9. The fourth-order valence-corrected chi connectivity index (χ4v) is 2.54. The lowest BCUT2D eigenvalue weighted by Crippen LogP contribution is -2.33. The van der Waals surface area contributed by atoms with Crippen molar-refractivity contribution in [3.05, 3.63) is 40.3 Å². The highest BCUT2D eigenvalue weighted by molar-refractivity contribution is 5.58. The van der Waals surface area contributed by atoms with E-state index in [2.05, 4.69) is 15.5 Å². The highest BCUT2D eigenvalue weighted by Crippen LogP contribution is 2.25. The molecule has 0 saturated heterocycles. The summed E-state index contributed by atoms with van der Waals surface area (Å²) in [6, 6.07) is 5.91. The number of benzene rings is 1. The predicted molar refractivity (Wildman–Crippen MR) is 92.9 cm³/mol. The van der Waals surface area contributed by atoms with Crippen LogP contribution in [0.1, 0.15) is 45.5 Å². The van der Waals surface area contributed by atoms with Crippen LogP contribution in [-0.4, -0.2) is 32.8 Å². The third-order valence-electron chi connectivity index (χ3n) is 3.88. The van der Waals surface area contributed by atoms with Crippen LogP contribution in [0.5, 0.6) is 0 Å². The number of nitro groups is 1. The molecule has 2 aromatic rings. The Labute approximate surface area is 146 Å². The van der Waals surface area contributed by atoms with E-state index in [0.717, 1.165) is 12.8 Å². The van der Waals surface area contributed by atoms with Crippen LogP contribution in [0.15, 0.2) is 28.8 Å². The van der Waals surface area contributed by atoms with E-state index in [9.17, 15) is 15.2 Å². The maximum Gasteiger partial charge on any atom is 0.270 e. The van der Waals surface area contributed by atoms with Crippen molar-refractivity contribution < 1.29 is 14.6 Å². The summed E-state index contributed by atoms with van der Waals surface area (Å²) >= 11 is 0. The standard InChI is InChI=1S/C17H24N4O4/c1-4-6-14(22)10-18-15(11(2)3)17-19-16(20-25-17)12-7-5-8-13(9-12)21(23)24/h5,7-9,11,14-15,18,22H,4,6,10H2,1-3H3. The number of rotatable bonds is 9. The summed E-state index contributed by atoms with van der Waals surface area (Å²) in [7, 11) is 0. The van der Waals surface area contributed by atoms with Gasteiger partial charge in [-0.05, 0) is 12.3 Å². The van der Waals surface area contributed by atoms with Gasteiger partial charge in [0, 0.05) is 24.2 Å². The van der Waals surface area contributed by atoms with Crippen molar-refractivity contribution in [2.75, 3.05) is 6.54 Å². The molecule has 0 amide bonds. The van der Waals surface area contributed by atoms with Crippen LogP contribution in [0.3, 0.4) is 0 Å². The normalized spacial score (nSPS) is 13.8. The van der Waals surface area contributed by atoms with Crippen LogP contribution in [0.25, 0.3) is 11.4 Å². The van der Waals surface area contributed by atoms with Gasteiger partial charge in [0.1, 0.15) is 0 Å². The topological polar surface area (TPSA) is 114 Å². The lowest BCUT2D eigenvalue weighted by Gasteiger charge is -2.20. The fraction of sp³-hybridized carbons (Fsp3) is 0.529. The molecular weight excluding hydrogens is 324 g/mol.